The highest BCUT2D eigenvalue weighted by molar-refractivity contribution is 7.80. The summed E-state index contributed by atoms with van der Waals surface area (Å²) in [5, 5.41) is 8.35. The van der Waals surface area contributed by atoms with E-state index >= 15 is 0 Å². The molecule has 0 unspecified atom stereocenters. The van der Waals surface area contributed by atoms with E-state index in [0.717, 1.165) is 0 Å². The first-order valence-corrected chi connectivity index (χ1v) is 4.66. The van der Waals surface area contributed by atoms with E-state index in [2.05, 4.69) is 23.1 Å². The number of ketones is 1. The van der Waals surface area contributed by atoms with Gasteiger partial charge in [-0.05, 0) is 12.2 Å². The number of rotatable bonds is 4. The van der Waals surface area contributed by atoms with Gasteiger partial charge < -0.3 is 0 Å². The van der Waals surface area contributed by atoms with Crippen LogP contribution in [0.25, 0.3) is 0 Å². The van der Waals surface area contributed by atoms with Crippen molar-refractivity contribution in [3.8, 4) is 0 Å². The Kier molecular flexibility index (Phi) is 4.69. The molecule has 0 amide bonds. The zero-order chi connectivity index (χ0) is 11.1. The van der Waals surface area contributed by atoms with Crippen LogP contribution in [0.15, 0.2) is 30.3 Å². The molecule has 1 aromatic rings. The van der Waals surface area contributed by atoms with E-state index in [0.29, 0.717) is 5.56 Å². The number of nitrogens with one attached hydrogen (secondary N) is 3. The normalized spacial score (nSPS) is 9.40. The molecule has 0 aliphatic carbocycles. The number of benzene rings is 1. The summed E-state index contributed by atoms with van der Waals surface area (Å²) >= 11 is 4.58. The Morgan fingerprint density at radius 2 is 2.00 bits per heavy atom. The maximum atomic E-state index is 11.5. The van der Waals surface area contributed by atoms with Crippen LogP contribution in [0, 0.1) is 0 Å². The number of carbonyl (C=O) groups is 1. The monoisotopic (exact) mass is 225 g/mol. The molecule has 0 saturated carbocycles. The maximum absolute atomic E-state index is 11.5. The number of hydrogen-bond donors (Lipinski definition) is 4. The third-order valence-electron chi connectivity index (χ3n) is 1.65. The summed E-state index contributed by atoms with van der Waals surface area (Å²) in [6.07, 6.45) is 0. The van der Waals surface area contributed by atoms with Gasteiger partial charge >= 0.3 is 0 Å². The molecule has 0 heterocycles. The standard InChI is InChI=1S/C9H11N3O2S/c13-8(6-10-11-9(15)12-14)7-4-2-1-3-5-7/h1-5,10,14H,6H2,(H2,11,12,15). The van der Waals surface area contributed by atoms with Gasteiger partial charge in [-0.1, -0.05) is 30.3 Å². The molecule has 0 saturated heterocycles. The van der Waals surface area contributed by atoms with Gasteiger partial charge in [-0.3, -0.25) is 15.4 Å². The summed E-state index contributed by atoms with van der Waals surface area (Å²) in [7, 11) is 0. The van der Waals surface area contributed by atoms with Crippen LogP contribution >= 0.6 is 12.2 Å². The van der Waals surface area contributed by atoms with E-state index in [-0.39, 0.29) is 17.4 Å². The van der Waals surface area contributed by atoms with E-state index in [1.54, 1.807) is 29.7 Å². The minimum atomic E-state index is -0.0659. The molecular formula is C9H11N3O2S. The number of hydrogen-bond acceptors (Lipinski definition) is 4. The lowest BCUT2D eigenvalue weighted by Crippen LogP contribution is -2.44. The van der Waals surface area contributed by atoms with Crippen molar-refractivity contribution >= 4 is 23.1 Å². The Balaban J connectivity index is 2.34. The van der Waals surface area contributed by atoms with Crippen LogP contribution in [-0.4, -0.2) is 22.6 Å². The molecule has 4 N–H and O–H groups in total. The Morgan fingerprint density at radius 3 is 2.60 bits per heavy atom. The maximum Gasteiger partial charge on any atom is 0.204 e. The minimum Gasteiger partial charge on any atom is -0.296 e. The second-order valence-corrected chi connectivity index (χ2v) is 3.12. The smallest absolute Gasteiger partial charge is 0.204 e. The largest absolute Gasteiger partial charge is 0.296 e. The number of thiocarbonyl (C=S) groups is 1. The molecule has 1 rings (SSSR count). The molecule has 0 aliphatic rings. The lowest BCUT2D eigenvalue weighted by atomic mass is 10.1. The molecule has 5 nitrogen and oxygen atoms in total. The molecule has 0 aromatic heterocycles. The fourth-order valence-electron chi connectivity index (χ4n) is 0.959. The predicted octanol–water partition coefficient (Wildman–Crippen LogP) is 0.227. The van der Waals surface area contributed by atoms with Crippen molar-refractivity contribution in [3.05, 3.63) is 35.9 Å². The van der Waals surface area contributed by atoms with E-state index < -0.39 is 0 Å². The van der Waals surface area contributed by atoms with Crippen molar-refractivity contribution in [1.82, 2.24) is 16.3 Å². The second-order valence-electron chi connectivity index (χ2n) is 2.71. The molecule has 0 bridgehead atoms. The topological polar surface area (TPSA) is 73.4 Å². The average molecular weight is 225 g/mol. The van der Waals surface area contributed by atoms with Gasteiger partial charge in [0.2, 0.25) is 5.11 Å². The third kappa shape index (κ3) is 4.03. The van der Waals surface area contributed by atoms with Gasteiger partial charge in [-0.2, -0.15) is 0 Å². The summed E-state index contributed by atoms with van der Waals surface area (Å²) in [6.45, 7) is 0.0891. The van der Waals surface area contributed by atoms with Gasteiger partial charge in [-0.15, -0.1) is 0 Å². The van der Waals surface area contributed by atoms with Crippen LogP contribution in [0.1, 0.15) is 10.4 Å². The first-order valence-electron chi connectivity index (χ1n) is 4.25. The summed E-state index contributed by atoms with van der Waals surface area (Å²) in [5.74, 6) is -0.0659. The summed E-state index contributed by atoms with van der Waals surface area (Å²) < 4.78 is 0. The summed E-state index contributed by atoms with van der Waals surface area (Å²) in [5.41, 5.74) is 7.35. The zero-order valence-corrected chi connectivity index (χ0v) is 8.67. The number of carbonyl (C=O) groups excluding carboxylic acids is 1. The number of hydroxylamine groups is 1. The van der Waals surface area contributed by atoms with Crippen LogP contribution in [0.2, 0.25) is 0 Å². The fraction of sp³-hybridized carbons (Fsp3) is 0.111. The van der Waals surface area contributed by atoms with Crippen molar-refractivity contribution in [3.63, 3.8) is 0 Å². The quantitative estimate of drug-likeness (QED) is 0.334. The molecule has 80 valence electrons. The number of Topliss-reactive ketones (excluding diaryl/α,β-unsaturated/α-hetero) is 1. The van der Waals surface area contributed by atoms with Crippen molar-refractivity contribution in [2.45, 2.75) is 0 Å². The van der Waals surface area contributed by atoms with Crippen LogP contribution in [0.3, 0.4) is 0 Å². The van der Waals surface area contributed by atoms with Crippen molar-refractivity contribution in [1.29, 1.82) is 0 Å². The van der Waals surface area contributed by atoms with Crippen LogP contribution < -0.4 is 16.3 Å². The van der Waals surface area contributed by atoms with E-state index in [1.165, 1.54) is 0 Å². The van der Waals surface area contributed by atoms with Gasteiger partial charge in [0, 0.05) is 5.56 Å². The Bertz CT molecular complexity index is 342. The Labute approximate surface area is 92.4 Å². The molecule has 15 heavy (non-hydrogen) atoms. The summed E-state index contributed by atoms with van der Waals surface area (Å²) in [4.78, 5) is 11.5. The predicted molar refractivity (Wildman–Crippen MR) is 59.4 cm³/mol. The Hall–Kier alpha value is -1.50. The highest BCUT2D eigenvalue weighted by Gasteiger charge is 2.03. The zero-order valence-electron chi connectivity index (χ0n) is 7.86. The lowest BCUT2D eigenvalue weighted by Gasteiger charge is -2.06. The highest BCUT2D eigenvalue weighted by Crippen LogP contribution is 1.98. The fourth-order valence-corrected chi connectivity index (χ4v) is 1.03. The first kappa shape index (κ1) is 11.6. The molecule has 1 aromatic carbocycles. The average Bonchev–Trinajstić information content (AvgIpc) is 2.29. The molecule has 0 aliphatic heterocycles. The highest BCUT2D eigenvalue weighted by atomic mass is 32.1. The molecule has 0 radical (unpaired) electrons. The van der Waals surface area contributed by atoms with Gasteiger partial charge in [-0.25, -0.2) is 10.9 Å². The van der Waals surface area contributed by atoms with Crippen molar-refractivity contribution in [2.24, 2.45) is 0 Å². The molecule has 6 heteroatoms. The molecule has 0 spiro atoms. The molecule has 0 atom stereocenters. The SMILES string of the molecule is O=C(CNNC(=S)NO)c1ccccc1. The van der Waals surface area contributed by atoms with Crippen LogP contribution in [0.5, 0.6) is 0 Å². The van der Waals surface area contributed by atoms with E-state index in [1.807, 2.05) is 6.07 Å². The minimum absolute atomic E-state index is 0.0101. The second kappa shape index (κ2) is 6.07. The first-order chi connectivity index (χ1) is 7.24. The summed E-state index contributed by atoms with van der Waals surface area (Å²) in [6, 6.07) is 8.88. The Morgan fingerprint density at radius 1 is 1.33 bits per heavy atom. The van der Waals surface area contributed by atoms with E-state index in [9.17, 15) is 4.79 Å². The number of hydrazine groups is 1. The molecule has 0 fully saturated rings. The van der Waals surface area contributed by atoms with E-state index in [4.69, 9.17) is 5.21 Å². The third-order valence-corrected chi connectivity index (χ3v) is 1.84. The van der Waals surface area contributed by atoms with Gasteiger partial charge in [0.1, 0.15) is 0 Å². The van der Waals surface area contributed by atoms with Gasteiger partial charge in [0.15, 0.2) is 5.78 Å². The lowest BCUT2D eigenvalue weighted by molar-refractivity contribution is 0.0988. The van der Waals surface area contributed by atoms with Crippen LogP contribution in [-0.2, 0) is 0 Å². The van der Waals surface area contributed by atoms with Crippen molar-refractivity contribution in [2.75, 3.05) is 6.54 Å². The van der Waals surface area contributed by atoms with Crippen molar-refractivity contribution < 1.29 is 10.0 Å². The van der Waals surface area contributed by atoms with Gasteiger partial charge in [0.25, 0.3) is 0 Å². The van der Waals surface area contributed by atoms with Crippen LogP contribution in [0.4, 0.5) is 0 Å². The molecular weight excluding hydrogens is 214 g/mol. The van der Waals surface area contributed by atoms with Gasteiger partial charge in [0.05, 0.1) is 6.54 Å².